The number of carbonyl (C=O) groups excluding carboxylic acids is 1. The van der Waals surface area contributed by atoms with Gasteiger partial charge in [0.2, 0.25) is 5.89 Å². The van der Waals surface area contributed by atoms with Gasteiger partial charge in [0.1, 0.15) is 11.8 Å². The Labute approximate surface area is 125 Å². The Morgan fingerprint density at radius 2 is 2.24 bits per heavy atom. The number of nitro benzene ring substituents is 1. The Hall–Kier alpha value is -2.41. The molecule has 8 heteroatoms. The first-order valence-electron chi connectivity index (χ1n) is 6.05. The van der Waals surface area contributed by atoms with Crippen molar-refractivity contribution in [3.63, 3.8) is 0 Å². The fourth-order valence-electron chi connectivity index (χ4n) is 1.71. The van der Waals surface area contributed by atoms with E-state index in [0.717, 1.165) is 6.07 Å². The minimum atomic E-state index is -0.589. The summed E-state index contributed by atoms with van der Waals surface area (Å²) in [7, 11) is 0. The molecule has 0 bridgehead atoms. The number of amides is 1. The first-order chi connectivity index (χ1) is 9.88. The van der Waals surface area contributed by atoms with Crippen molar-refractivity contribution in [3.05, 3.63) is 56.7 Å². The number of hydrogen-bond acceptors (Lipinski definition) is 5. The van der Waals surface area contributed by atoms with E-state index in [9.17, 15) is 14.9 Å². The molecule has 1 heterocycles. The van der Waals surface area contributed by atoms with E-state index in [1.54, 1.807) is 20.0 Å². The van der Waals surface area contributed by atoms with Crippen molar-refractivity contribution in [3.8, 4) is 0 Å². The van der Waals surface area contributed by atoms with Crippen LogP contribution in [0.15, 0.2) is 28.8 Å². The molecular formula is C13H12ClN3O4. The summed E-state index contributed by atoms with van der Waals surface area (Å²) in [5.74, 6) is 0.439. The second-order valence-electron chi connectivity index (χ2n) is 4.43. The number of carbonyl (C=O) groups is 1. The van der Waals surface area contributed by atoms with E-state index >= 15 is 0 Å². The highest BCUT2D eigenvalue weighted by Gasteiger charge is 2.19. The van der Waals surface area contributed by atoms with Crippen molar-refractivity contribution in [1.29, 1.82) is 0 Å². The molecule has 0 spiro atoms. The molecule has 1 N–H and O–H groups in total. The van der Waals surface area contributed by atoms with E-state index in [0.29, 0.717) is 11.7 Å². The standard InChI is InChI=1S/C13H12ClN3O4/c1-7-6-15-13(21-7)8(2)16-12(18)10-5-9(17(19)20)3-4-11(10)14/h3-6,8H,1-2H3,(H,16,18). The molecule has 110 valence electrons. The lowest BCUT2D eigenvalue weighted by Crippen LogP contribution is -2.27. The third kappa shape index (κ3) is 3.38. The molecule has 1 amide bonds. The molecule has 1 atom stereocenters. The van der Waals surface area contributed by atoms with Gasteiger partial charge in [0, 0.05) is 12.1 Å². The van der Waals surface area contributed by atoms with E-state index in [4.69, 9.17) is 16.0 Å². The summed E-state index contributed by atoms with van der Waals surface area (Å²) in [5, 5.41) is 13.5. The zero-order chi connectivity index (χ0) is 15.6. The fourth-order valence-corrected chi connectivity index (χ4v) is 1.91. The van der Waals surface area contributed by atoms with E-state index in [2.05, 4.69) is 10.3 Å². The average molecular weight is 310 g/mol. The van der Waals surface area contributed by atoms with Crippen LogP contribution in [0.5, 0.6) is 0 Å². The molecule has 1 unspecified atom stereocenters. The minimum absolute atomic E-state index is 0.0287. The van der Waals surface area contributed by atoms with Crippen molar-refractivity contribution < 1.29 is 14.1 Å². The first kappa shape index (κ1) is 15.0. The number of nitrogens with one attached hydrogen (secondary N) is 1. The van der Waals surface area contributed by atoms with Gasteiger partial charge in [0.25, 0.3) is 11.6 Å². The molecule has 2 aromatic rings. The number of rotatable bonds is 4. The zero-order valence-corrected chi connectivity index (χ0v) is 12.0. The lowest BCUT2D eigenvalue weighted by Gasteiger charge is -2.11. The maximum atomic E-state index is 12.1. The number of aromatic nitrogens is 1. The van der Waals surface area contributed by atoms with Gasteiger partial charge < -0.3 is 9.73 Å². The summed E-state index contributed by atoms with van der Waals surface area (Å²) in [5.41, 5.74) is -0.176. The minimum Gasteiger partial charge on any atom is -0.444 e. The highest BCUT2D eigenvalue weighted by atomic mass is 35.5. The fraction of sp³-hybridized carbons (Fsp3) is 0.231. The monoisotopic (exact) mass is 309 g/mol. The second kappa shape index (κ2) is 5.92. The van der Waals surface area contributed by atoms with Gasteiger partial charge in [-0.2, -0.15) is 0 Å². The van der Waals surface area contributed by atoms with Crippen molar-refractivity contribution in [1.82, 2.24) is 10.3 Å². The van der Waals surface area contributed by atoms with Gasteiger partial charge in [0.05, 0.1) is 21.7 Å². The third-order valence-electron chi connectivity index (χ3n) is 2.76. The molecule has 0 saturated carbocycles. The van der Waals surface area contributed by atoms with Crippen LogP contribution in [0.1, 0.15) is 35.0 Å². The topological polar surface area (TPSA) is 98.3 Å². The van der Waals surface area contributed by atoms with Crippen LogP contribution in [0.25, 0.3) is 0 Å². The summed E-state index contributed by atoms with van der Waals surface area (Å²) in [6.45, 7) is 3.43. The Balaban J connectivity index is 2.20. The van der Waals surface area contributed by atoms with Crippen LogP contribution in [-0.4, -0.2) is 15.8 Å². The van der Waals surface area contributed by atoms with Crippen LogP contribution in [0.2, 0.25) is 5.02 Å². The van der Waals surface area contributed by atoms with Crippen LogP contribution in [-0.2, 0) is 0 Å². The summed E-state index contributed by atoms with van der Waals surface area (Å²) in [4.78, 5) is 26.3. The Morgan fingerprint density at radius 3 is 2.81 bits per heavy atom. The van der Waals surface area contributed by atoms with Crippen molar-refractivity contribution in [2.24, 2.45) is 0 Å². The van der Waals surface area contributed by atoms with Crippen LogP contribution < -0.4 is 5.32 Å². The number of halogens is 1. The summed E-state index contributed by atoms with van der Waals surface area (Å²) >= 11 is 5.91. The SMILES string of the molecule is Cc1cnc(C(C)NC(=O)c2cc([N+](=O)[O-])ccc2Cl)o1. The highest BCUT2D eigenvalue weighted by Crippen LogP contribution is 2.23. The smallest absolute Gasteiger partial charge is 0.270 e. The molecular weight excluding hydrogens is 298 g/mol. The predicted octanol–water partition coefficient (Wildman–Crippen LogP) is 3.04. The van der Waals surface area contributed by atoms with Gasteiger partial charge in [-0.15, -0.1) is 0 Å². The zero-order valence-electron chi connectivity index (χ0n) is 11.3. The van der Waals surface area contributed by atoms with E-state index in [-0.39, 0.29) is 16.3 Å². The van der Waals surface area contributed by atoms with E-state index < -0.39 is 16.9 Å². The van der Waals surface area contributed by atoms with E-state index in [1.165, 1.54) is 12.1 Å². The molecule has 0 aliphatic heterocycles. The average Bonchev–Trinajstić information content (AvgIpc) is 2.85. The lowest BCUT2D eigenvalue weighted by molar-refractivity contribution is -0.384. The number of oxazole rings is 1. The maximum absolute atomic E-state index is 12.1. The van der Waals surface area contributed by atoms with Gasteiger partial charge in [0.15, 0.2) is 0 Å². The Kier molecular flexibility index (Phi) is 4.23. The van der Waals surface area contributed by atoms with Crippen LogP contribution >= 0.6 is 11.6 Å². The van der Waals surface area contributed by atoms with Gasteiger partial charge in [-0.05, 0) is 19.9 Å². The number of hydrogen-bond donors (Lipinski definition) is 1. The highest BCUT2D eigenvalue weighted by molar-refractivity contribution is 6.33. The number of non-ortho nitro benzene ring substituents is 1. The van der Waals surface area contributed by atoms with Gasteiger partial charge in [-0.3, -0.25) is 14.9 Å². The summed E-state index contributed by atoms with van der Waals surface area (Å²) in [6, 6.07) is 3.20. The Morgan fingerprint density at radius 1 is 1.52 bits per heavy atom. The van der Waals surface area contributed by atoms with Crippen molar-refractivity contribution >= 4 is 23.2 Å². The van der Waals surface area contributed by atoms with Crippen molar-refractivity contribution in [2.75, 3.05) is 0 Å². The molecule has 7 nitrogen and oxygen atoms in total. The normalized spacial score (nSPS) is 12.0. The molecule has 1 aromatic heterocycles. The third-order valence-corrected chi connectivity index (χ3v) is 3.09. The van der Waals surface area contributed by atoms with Crippen LogP contribution in [0, 0.1) is 17.0 Å². The lowest BCUT2D eigenvalue weighted by atomic mass is 10.1. The number of aryl methyl sites for hydroxylation is 1. The van der Waals surface area contributed by atoms with E-state index in [1.807, 2.05) is 0 Å². The quantitative estimate of drug-likeness (QED) is 0.691. The predicted molar refractivity (Wildman–Crippen MR) is 75.2 cm³/mol. The van der Waals surface area contributed by atoms with Gasteiger partial charge >= 0.3 is 0 Å². The number of nitro groups is 1. The maximum Gasteiger partial charge on any atom is 0.270 e. The Bertz CT molecular complexity index is 698. The van der Waals surface area contributed by atoms with Crippen LogP contribution in [0.4, 0.5) is 5.69 Å². The molecule has 0 saturated heterocycles. The number of nitrogens with zero attached hydrogens (tertiary/aromatic N) is 2. The largest absolute Gasteiger partial charge is 0.444 e. The molecule has 1 aromatic carbocycles. The molecule has 0 aliphatic rings. The summed E-state index contributed by atoms with van der Waals surface area (Å²) in [6.07, 6.45) is 1.54. The van der Waals surface area contributed by atoms with Crippen molar-refractivity contribution in [2.45, 2.75) is 19.9 Å². The number of benzene rings is 1. The van der Waals surface area contributed by atoms with Gasteiger partial charge in [-0.1, -0.05) is 11.6 Å². The molecule has 0 radical (unpaired) electrons. The second-order valence-corrected chi connectivity index (χ2v) is 4.83. The first-order valence-corrected chi connectivity index (χ1v) is 6.43. The molecule has 21 heavy (non-hydrogen) atoms. The molecule has 0 aliphatic carbocycles. The van der Waals surface area contributed by atoms with Gasteiger partial charge in [-0.25, -0.2) is 4.98 Å². The summed E-state index contributed by atoms with van der Waals surface area (Å²) < 4.78 is 5.31. The molecule has 0 fully saturated rings. The van der Waals surface area contributed by atoms with Crippen LogP contribution in [0.3, 0.4) is 0 Å². The molecule has 2 rings (SSSR count).